The van der Waals surface area contributed by atoms with E-state index in [1.165, 1.54) is 17.3 Å². The average Bonchev–Trinajstić information content (AvgIpc) is 3.31. The van der Waals surface area contributed by atoms with Crippen LogP contribution in [0.4, 0.5) is 0 Å². The van der Waals surface area contributed by atoms with Crippen molar-refractivity contribution in [3.05, 3.63) is 77.5 Å². The predicted molar refractivity (Wildman–Crippen MR) is 97.6 cm³/mol. The number of nitrogens with zero attached hydrogens (tertiary/aromatic N) is 4. The molecule has 0 spiro atoms. The first-order valence-electron chi connectivity index (χ1n) is 8.15. The standard InChI is InChI=1S/C19H16N4O2S/c1-13-7-9-15(10-8-13)18-22-21-17(24-18)12-26-19-23-20-16(25-19)11-14-5-3-2-4-6-14/h2-10H,11-12H2,1H3. The van der Waals surface area contributed by atoms with Crippen LogP contribution in [0.2, 0.25) is 0 Å². The van der Waals surface area contributed by atoms with E-state index in [0.717, 1.165) is 11.1 Å². The summed E-state index contributed by atoms with van der Waals surface area (Å²) in [5.41, 5.74) is 3.22. The van der Waals surface area contributed by atoms with E-state index in [2.05, 4.69) is 20.4 Å². The van der Waals surface area contributed by atoms with E-state index in [1.807, 2.05) is 61.5 Å². The lowest BCUT2D eigenvalue weighted by Gasteiger charge is -1.95. The molecular weight excluding hydrogens is 348 g/mol. The summed E-state index contributed by atoms with van der Waals surface area (Å²) in [6.07, 6.45) is 0.618. The molecule has 2 heterocycles. The van der Waals surface area contributed by atoms with E-state index < -0.39 is 0 Å². The highest BCUT2D eigenvalue weighted by atomic mass is 32.2. The van der Waals surface area contributed by atoms with E-state index in [-0.39, 0.29) is 0 Å². The fourth-order valence-corrected chi connectivity index (χ4v) is 3.00. The largest absolute Gasteiger partial charge is 0.420 e. The van der Waals surface area contributed by atoms with Gasteiger partial charge in [0.1, 0.15) is 0 Å². The Morgan fingerprint density at radius 3 is 2.38 bits per heavy atom. The smallest absolute Gasteiger partial charge is 0.277 e. The monoisotopic (exact) mass is 364 g/mol. The number of hydrogen-bond donors (Lipinski definition) is 0. The molecule has 0 aliphatic rings. The third kappa shape index (κ3) is 4.00. The molecule has 26 heavy (non-hydrogen) atoms. The van der Waals surface area contributed by atoms with Gasteiger partial charge in [0.2, 0.25) is 17.7 Å². The van der Waals surface area contributed by atoms with E-state index in [9.17, 15) is 0 Å². The van der Waals surface area contributed by atoms with Gasteiger partial charge in [0.25, 0.3) is 5.22 Å². The second-order valence-corrected chi connectivity index (χ2v) is 6.71. The summed E-state index contributed by atoms with van der Waals surface area (Å²) in [4.78, 5) is 0. The van der Waals surface area contributed by atoms with Crippen LogP contribution in [0.3, 0.4) is 0 Å². The summed E-state index contributed by atoms with van der Waals surface area (Å²) < 4.78 is 11.4. The van der Waals surface area contributed by atoms with Gasteiger partial charge in [-0.15, -0.1) is 20.4 Å². The number of hydrogen-bond acceptors (Lipinski definition) is 7. The number of rotatable bonds is 6. The number of thioether (sulfide) groups is 1. The molecule has 0 radical (unpaired) electrons. The lowest BCUT2D eigenvalue weighted by molar-refractivity contribution is 0.419. The zero-order chi connectivity index (χ0) is 17.8. The van der Waals surface area contributed by atoms with Gasteiger partial charge in [0.15, 0.2) is 0 Å². The van der Waals surface area contributed by atoms with E-state index in [1.54, 1.807) is 0 Å². The van der Waals surface area contributed by atoms with Crippen LogP contribution in [0.25, 0.3) is 11.5 Å². The van der Waals surface area contributed by atoms with Gasteiger partial charge in [0.05, 0.1) is 12.2 Å². The molecule has 0 N–H and O–H groups in total. The maximum Gasteiger partial charge on any atom is 0.277 e. The Morgan fingerprint density at radius 2 is 1.58 bits per heavy atom. The number of aryl methyl sites for hydroxylation is 1. The Hall–Kier alpha value is -2.93. The lowest BCUT2D eigenvalue weighted by Crippen LogP contribution is -1.87. The van der Waals surface area contributed by atoms with Gasteiger partial charge in [-0.05, 0) is 24.6 Å². The molecule has 0 atom stereocenters. The first-order valence-corrected chi connectivity index (χ1v) is 9.13. The molecule has 0 unspecified atom stereocenters. The van der Waals surface area contributed by atoms with Gasteiger partial charge >= 0.3 is 0 Å². The van der Waals surface area contributed by atoms with Crippen molar-refractivity contribution >= 4 is 11.8 Å². The van der Waals surface area contributed by atoms with Crippen molar-refractivity contribution in [2.45, 2.75) is 24.3 Å². The molecule has 7 heteroatoms. The molecule has 2 aromatic heterocycles. The molecule has 0 aliphatic heterocycles. The van der Waals surface area contributed by atoms with Gasteiger partial charge in [-0.25, -0.2) is 0 Å². The molecule has 0 bridgehead atoms. The van der Waals surface area contributed by atoms with Gasteiger partial charge in [0, 0.05) is 5.56 Å². The summed E-state index contributed by atoms with van der Waals surface area (Å²) in [5.74, 6) is 2.10. The minimum Gasteiger partial charge on any atom is -0.420 e. The zero-order valence-electron chi connectivity index (χ0n) is 14.1. The zero-order valence-corrected chi connectivity index (χ0v) is 14.9. The molecule has 0 amide bonds. The van der Waals surface area contributed by atoms with Crippen molar-refractivity contribution in [3.8, 4) is 11.5 Å². The Balaban J connectivity index is 1.37. The molecule has 0 fully saturated rings. The third-order valence-electron chi connectivity index (χ3n) is 3.73. The van der Waals surface area contributed by atoms with Gasteiger partial charge in [-0.1, -0.05) is 59.8 Å². The minimum atomic E-state index is 0.478. The van der Waals surface area contributed by atoms with Gasteiger partial charge < -0.3 is 8.83 Å². The topological polar surface area (TPSA) is 77.8 Å². The van der Waals surface area contributed by atoms with Crippen LogP contribution in [-0.2, 0) is 12.2 Å². The Morgan fingerprint density at radius 1 is 0.808 bits per heavy atom. The molecular formula is C19H16N4O2S. The maximum atomic E-state index is 5.70. The van der Waals surface area contributed by atoms with Crippen LogP contribution < -0.4 is 0 Å². The first kappa shape index (κ1) is 16.5. The summed E-state index contributed by atoms with van der Waals surface area (Å²) in [7, 11) is 0. The van der Waals surface area contributed by atoms with Crippen molar-refractivity contribution in [3.63, 3.8) is 0 Å². The molecule has 6 nitrogen and oxygen atoms in total. The van der Waals surface area contributed by atoms with Crippen molar-refractivity contribution in [1.29, 1.82) is 0 Å². The maximum absolute atomic E-state index is 5.70. The highest BCUT2D eigenvalue weighted by Crippen LogP contribution is 2.24. The molecule has 2 aromatic carbocycles. The fourth-order valence-electron chi connectivity index (χ4n) is 2.39. The van der Waals surface area contributed by atoms with E-state index in [0.29, 0.717) is 35.1 Å². The normalized spacial score (nSPS) is 11.0. The third-order valence-corrected chi connectivity index (χ3v) is 4.53. The Kier molecular flexibility index (Phi) is 4.79. The molecule has 0 saturated carbocycles. The Labute approximate surface area is 154 Å². The van der Waals surface area contributed by atoms with Crippen molar-refractivity contribution in [1.82, 2.24) is 20.4 Å². The van der Waals surface area contributed by atoms with Crippen LogP contribution in [0.15, 0.2) is 68.7 Å². The molecule has 0 saturated heterocycles. The molecule has 0 aliphatic carbocycles. The SMILES string of the molecule is Cc1ccc(-c2nnc(CSc3nnc(Cc4ccccc4)o3)o2)cc1. The quantitative estimate of drug-likeness (QED) is 0.472. The average molecular weight is 364 g/mol. The second kappa shape index (κ2) is 7.53. The van der Waals surface area contributed by atoms with Crippen molar-refractivity contribution in [2.24, 2.45) is 0 Å². The molecule has 4 aromatic rings. The minimum absolute atomic E-state index is 0.478. The predicted octanol–water partition coefficient (Wildman–Crippen LogP) is 4.31. The highest BCUT2D eigenvalue weighted by molar-refractivity contribution is 7.98. The highest BCUT2D eigenvalue weighted by Gasteiger charge is 2.12. The van der Waals surface area contributed by atoms with Gasteiger partial charge in [-0.2, -0.15) is 0 Å². The first-order chi connectivity index (χ1) is 12.8. The van der Waals surface area contributed by atoms with Crippen LogP contribution in [0.5, 0.6) is 0 Å². The van der Waals surface area contributed by atoms with E-state index >= 15 is 0 Å². The van der Waals surface area contributed by atoms with Crippen LogP contribution in [0, 0.1) is 6.92 Å². The molecule has 130 valence electrons. The van der Waals surface area contributed by atoms with Crippen molar-refractivity contribution < 1.29 is 8.83 Å². The summed E-state index contributed by atoms with van der Waals surface area (Å²) in [6.45, 7) is 2.04. The lowest BCUT2D eigenvalue weighted by atomic mass is 10.1. The van der Waals surface area contributed by atoms with Crippen molar-refractivity contribution in [2.75, 3.05) is 0 Å². The van der Waals surface area contributed by atoms with Crippen LogP contribution in [0.1, 0.15) is 22.9 Å². The number of aromatic nitrogens is 4. The van der Waals surface area contributed by atoms with E-state index in [4.69, 9.17) is 8.83 Å². The Bertz CT molecular complexity index is 980. The summed E-state index contributed by atoms with van der Waals surface area (Å²) in [6, 6.07) is 18.0. The van der Waals surface area contributed by atoms with Gasteiger partial charge in [-0.3, -0.25) is 0 Å². The fraction of sp³-hybridized carbons (Fsp3) is 0.158. The second-order valence-electron chi connectivity index (χ2n) is 5.78. The summed E-state index contributed by atoms with van der Waals surface area (Å²) >= 11 is 1.38. The molecule has 4 rings (SSSR count). The number of benzene rings is 2. The van der Waals surface area contributed by atoms with Crippen LogP contribution >= 0.6 is 11.8 Å². The summed E-state index contributed by atoms with van der Waals surface area (Å²) in [5, 5.41) is 16.8. The van der Waals surface area contributed by atoms with Crippen LogP contribution in [-0.4, -0.2) is 20.4 Å².